The summed E-state index contributed by atoms with van der Waals surface area (Å²) in [5.74, 6) is 0.851. The second kappa shape index (κ2) is 8.27. The van der Waals surface area contributed by atoms with Crippen molar-refractivity contribution in [3.05, 3.63) is 59.9 Å². The summed E-state index contributed by atoms with van der Waals surface area (Å²) in [6, 6.07) is 13.1. The predicted molar refractivity (Wildman–Crippen MR) is 93.0 cm³/mol. The molecular weight excluding hydrogens is 272 g/mol. The summed E-state index contributed by atoms with van der Waals surface area (Å²) in [7, 11) is 3.84. The molecule has 0 aliphatic rings. The van der Waals surface area contributed by atoms with E-state index in [0.717, 1.165) is 25.3 Å². The fourth-order valence-corrected chi connectivity index (χ4v) is 2.38. The molecule has 22 heavy (non-hydrogen) atoms. The van der Waals surface area contributed by atoms with E-state index >= 15 is 0 Å². The van der Waals surface area contributed by atoms with Crippen LogP contribution in [0.5, 0.6) is 0 Å². The fourth-order valence-electron chi connectivity index (χ4n) is 2.38. The van der Waals surface area contributed by atoms with Gasteiger partial charge in [-0.05, 0) is 37.0 Å². The summed E-state index contributed by atoms with van der Waals surface area (Å²) in [6.07, 6.45) is 6.32. The smallest absolute Gasteiger partial charge is 0.191 e. The van der Waals surface area contributed by atoms with Crippen LogP contribution in [-0.2, 0) is 20.0 Å². The van der Waals surface area contributed by atoms with Crippen LogP contribution in [-0.4, -0.2) is 23.6 Å². The summed E-state index contributed by atoms with van der Waals surface area (Å²) in [5.41, 5.74) is 2.63. The van der Waals surface area contributed by atoms with Crippen LogP contribution in [0.25, 0.3) is 0 Å². The van der Waals surface area contributed by atoms with Gasteiger partial charge in [0.2, 0.25) is 0 Å². The Morgan fingerprint density at radius 2 is 1.95 bits per heavy atom. The molecular formula is C18H26N4. The third kappa shape index (κ3) is 5.28. The molecule has 1 atom stereocenters. The van der Waals surface area contributed by atoms with Crippen LogP contribution in [0.4, 0.5) is 0 Å². The minimum atomic E-state index is 0.377. The van der Waals surface area contributed by atoms with Gasteiger partial charge in [-0.25, -0.2) is 0 Å². The van der Waals surface area contributed by atoms with Crippen LogP contribution in [0, 0.1) is 0 Å². The van der Waals surface area contributed by atoms with E-state index in [1.807, 2.05) is 14.1 Å². The Hall–Kier alpha value is -2.23. The maximum Gasteiger partial charge on any atom is 0.191 e. The van der Waals surface area contributed by atoms with Crippen molar-refractivity contribution < 1.29 is 0 Å². The predicted octanol–water partition coefficient (Wildman–Crippen LogP) is 2.71. The second-order valence-electron chi connectivity index (χ2n) is 5.68. The molecule has 1 unspecified atom stereocenters. The molecule has 2 N–H and O–H groups in total. The lowest BCUT2D eigenvalue weighted by atomic mass is 10.1. The molecule has 0 saturated carbocycles. The Balaban J connectivity index is 1.74. The first-order chi connectivity index (χ1) is 10.7. The molecule has 0 radical (unpaired) electrons. The van der Waals surface area contributed by atoms with E-state index in [1.165, 1.54) is 11.1 Å². The topological polar surface area (TPSA) is 41.4 Å². The molecule has 1 aromatic carbocycles. The lowest BCUT2D eigenvalue weighted by Gasteiger charge is -2.17. The summed E-state index contributed by atoms with van der Waals surface area (Å²) >= 11 is 0. The Kier molecular flexibility index (Phi) is 6.07. The van der Waals surface area contributed by atoms with Crippen molar-refractivity contribution in [2.45, 2.75) is 32.4 Å². The highest BCUT2D eigenvalue weighted by Crippen LogP contribution is 2.05. The van der Waals surface area contributed by atoms with Crippen molar-refractivity contribution in [2.24, 2.45) is 12.0 Å². The molecule has 0 bridgehead atoms. The van der Waals surface area contributed by atoms with Crippen molar-refractivity contribution in [2.75, 3.05) is 7.05 Å². The zero-order valence-electron chi connectivity index (χ0n) is 13.7. The molecule has 0 saturated heterocycles. The number of benzene rings is 1. The minimum Gasteiger partial charge on any atom is -0.357 e. The van der Waals surface area contributed by atoms with Gasteiger partial charge in [-0.1, -0.05) is 30.3 Å². The average molecular weight is 298 g/mol. The zero-order valence-corrected chi connectivity index (χ0v) is 13.7. The minimum absolute atomic E-state index is 0.377. The lowest BCUT2D eigenvalue weighted by Crippen LogP contribution is -2.42. The summed E-state index contributed by atoms with van der Waals surface area (Å²) < 4.78 is 2.05. The standard InChI is InChI=1S/C18H26N4/c1-15(9-10-16-7-5-4-6-8-16)21-18(19-2)20-13-17-11-12-22(3)14-17/h4-8,11-12,14-15H,9-10,13H2,1-3H3,(H2,19,20,21). The summed E-state index contributed by atoms with van der Waals surface area (Å²) in [5, 5.41) is 6.80. The average Bonchev–Trinajstić information content (AvgIpc) is 2.96. The van der Waals surface area contributed by atoms with Crippen LogP contribution >= 0.6 is 0 Å². The first-order valence-corrected chi connectivity index (χ1v) is 7.79. The number of hydrogen-bond acceptors (Lipinski definition) is 1. The highest BCUT2D eigenvalue weighted by atomic mass is 15.2. The van der Waals surface area contributed by atoms with Gasteiger partial charge in [-0.2, -0.15) is 0 Å². The molecule has 1 heterocycles. The lowest BCUT2D eigenvalue weighted by molar-refractivity contribution is 0.593. The number of nitrogens with zero attached hydrogens (tertiary/aromatic N) is 2. The monoisotopic (exact) mass is 298 g/mol. The van der Waals surface area contributed by atoms with Gasteiger partial charge < -0.3 is 15.2 Å². The Morgan fingerprint density at radius 3 is 2.59 bits per heavy atom. The summed E-state index contributed by atoms with van der Waals surface area (Å²) in [6.45, 7) is 2.98. The first kappa shape index (κ1) is 16.1. The van der Waals surface area contributed by atoms with Crippen molar-refractivity contribution >= 4 is 5.96 Å². The SMILES string of the molecule is CN=C(NCc1ccn(C)c1)NC(C)CCc1ccccc1. The molecule has 0 amide bonds. The second-order valence-corrected chi connectivity index (χ2v) is 5.68. The van der Waals surface area contributed by atoms with Crippen molar-refractivity contribution in [1.29, 1.82) is 0 Å². The van der Waals surface area contributed by atoms with Gasteiger partial charge in [0, 0.05) is 39.1 Å². The van der Waals surface area contributed by atoms with Crippen LogP contribution in [0.15, 0.2) is 53.8 Å². The van der Waals surface area contributed by atoms with Crippen LogP contribution in [0.2, 0.25) is 0 Å². The number of guanidine groups is 1. The maximum absolute atomic E-state index is 4.29. The molecule has 0 aliphatic carbocycles. The van der Waals surface area contributed by atoms with E-state index in [9.17, 15) is 0 Å². The van der Waals surface area contributed by atoms with Gasteiger partial charge >= 0.3 is 0 Å². The number of rotatable bonds is 6. The Morgan fingerprint density at radius 1 is 1.18 bits per heavy atom. The Bertz CT molecular complexity index is 586. The largest absolute Gasteiger partial charge is 0.357 e. The van der Waals surface area contributed by atoms with Crippen molar-refractivity contribution in [1.82, 2.24) is 15.2 Å². The fraction of sp³-hybridized carbons (Fsp3) is 0.389. The van der Waals surface area contributed by atoms with Gasteiger partial charge in [-0.15, -0.1) is 0 Å². The van der Waals surface area contributed by atoms with Gasteiger partial charge in [0.05, 0.1) is 0 Å². The molecule has 0 fully saturated rings. The van der Waals surface area contributed by atoms with Gasteiger partial charge in [0.1, 0.15) is 0 Å². The van der Waals surface area contributed by atoms with Crippen molar-refractivity contribution in [3.63, 3.8) is 0 Å². The third-order valence-corrected chi connectivity index (χ3v) is 3.67. The highest BCUT2D eigenvalue weighted by Gasteiger charge is 2.06. The maximum atomic E-state index is 4.29. The molecule has 118 valence electrons. The molecule has 0 spiro atoms. The number of aryl methyl sites for hydroxylation is 2. The molecule has 1 aromatic heterocycles. The zero-order chi connectivity index (χ0) is 15.8. The highest BCUT2D eigenvalue weighted by molar-refractivity contribution is 5.79. The van der Waals surface area contributed by atoms with Gasteiger partial charge in [0.15, 0.2) is 5.96 Å². The quantitative estimate of drug-likeness (QED) is 0.636. The van der Waals surface area contributed by atoms with E-state index in [0.29, 0.717) is 6.04 Å². The number of hydrogen-bond donors (Lipinski definition) is 2. The van der Waals surface area contributed by atoms with E-state index in [1.54, 1.807) is 0 Å². The van der Waals surface area contributed by atoms with E-state index < -0.39 is 0 Å². The summed E-state index contributed by atoms with van der Waals surface area (Å²) in [4.78, 5) is 4.29. The molecule has 4 nitrogen and oxygen atoms in total. The molecule has 0 aliphatic heterocycles. The number of aliphatic imine (C=N–C) groups is 1. The van der Waals surface area contributed by atoms with Crippen LogP contribution in [0.1, 0.15) is 24.5 Å². The van der Waals surface area contributed by atoms with E-state index in [-0.39, 0.29) is 0 Å². The number of aromatic nitrogens is 1. The first-order valence-electron chi connectivity index (χ1n) is 7.79. The van der Waals surface area contributed by atoms with E-state index in [4.69, 9.17) is 0 Å². The number of nitrogens with one attached hydrogen (secondary N) is 2. The Labute approximate surface area is 133 Å². The third-order valence-electron chi connectivity index (χ3n) is 3.67. The van der Waals surface area contributed by atoms with Gasteiger partial charge in [-0.3, -0.25) is 4.99 Å². The van der Waals surface area contributed by atoms with E-state index in [2.05, 4.69) is 75.9 Å². The molecule has 2 rings (SSSR count). The molecule has 2 aromatic rings. The normalized spacial score (nSPS) is 13.0. The molecule has 4 heteroatoms. The van der Waals surface area contributed by atoms with Crippen LogP contribution in [0.3, 0.4) is 0 Å². The van der Waals surface area contributed by atoms with Crippen molar-refractivity contribution in [3.8, 4) is 0 Å². The van der Waals surface area contributed by atoms with Crippen LogP contribution < -0.4 is 10.6 Å². The van der Waals surface area contributed by atoms with Gasteiger partial charge in [0.25, 0.3) is 0 Å².